The Labute approximate surface area is 102 Å². The van der Waals surface area contributed by atoms with Crippen molar-refractivity contribution in [2.75, 3.05) is 7.11 Å². The summed E-state index contributed by atoms with van der Waals surface area (Å²) in [6.07, 6.45) is -0.328. The maximum absolute atomic E-state index is 11.5. The van der Waals surface area contributed by atoms with E-state index in [1.807, 2.05) is 38.1 Å². The third-order valence-electron chi connectivity index (χ3n) is 2.59. The van der Waals surface area contributed by atoms with E-state index in [0.29, 0.717) is 6.54 Å². The second-order valence-corrected chi connectivity index (χ2v) is 4.17. The average Bonchev–Trinajstić information content (AvgIpc) is 2.35. The molecule has 17 heavy (non-hydrogen) atoms. The Morgan fingerprint density at radius 2 is 1.82 bits per heavy atom. The first kappa shape index (κ1) is 13.5. The van der Waals surface area contributed by atoms with Crippen LogP contribution in [0.2, 0.25) is 0 Å². The lowest BCUT2D eigenvalue weighted by atomic mass is 10.1. The molecule has 0 aliphatic carbocycles. The van der Waals surface area contributed by atoms with Gasteiger partial charge in [-0.25, -0.2) is 4.79 Å². The average molecular weight is 237 g/mol. The van der Waals surface area contributed by atoms with Crippen molar-refractivity contribution in [3.05, 3.63) is 35.4 Å². The van der Waals surface area contributed by atoms with E-state index < -0.39 is 0 Å². The van der Waals surface area contributed by atoms with Gasteiger partial charge in [-0.2, -0.15) is 0 Å². The van der Waals surface area contributed by atoms with E-state index in [1.165, 1.54) is 7.11 Å². The fourth-order valence-electron chi connectivity index (χ4n) is 1.52. The number of hydrogen-bond donors (Lipinski definition) is 1. The fourth-order valence-corrected chi connectivity index (χ4v) is 1.52. The maximum Gasteiger partial charge on any atom is 0.410 e. The van der Waals surface area contributed by atoms with Gasteiger partial charge >= 0.3 is 6.09 Å². The molecule has 0 saturated carbocycles. The summed E-state index contributed by atoms with van der Waals surface area (Å²) in [4.78, 5) is 13.2. The van der Waals surface area contributed by atoms with Crippen molar-refractivity contribution in [2.45, 2.75) is 33.0 Å². The van der Waals surface area contributed by atoms with E-state index in [9.17, 15) is 4.79 Å². The van der Waals surface area contributed by atoms with Crippen LogP contribution in [-0.4, -0.2) is 29.3 Å². The van der Waals surface area contributed by atoms with Gasteiger partial charge < -0.3 is 14.7 Å². The summed E-state index contributed by atoms with van der Waals surface area (Å²) in [5.74, 6) is 0. The van der Waals surface area contributed by atoms with Crippen LogP contribution in [0.1, 0.15) is 25.0 Å². The topological polar surface area (TPSA) is 49.8 Å². The standard InChI is InChI=1S/C13H19NO3/c1-10(2)14(13(16)17-3)8-11-4-6-12(9-15)7-5-11/h4-7,10,15H,8-9H2,1-3H3. The second-order valence-electron chi connectivity index (χ2n) is 4.17. The summed E-state index contributed by atoms with van der Waals surface area (Å²) in [6, 6.07) is 7.60. The molecule has 0 heterocycles. The molecule has 0 aliphatic rings. The molecule has 1 amide bonds. The van der Waals surface area contributed by atoms with E-state index >= 15 is 0 Å². The second kappa shape index (κ2) is 6.25. The molecule has 0 radical (unpaired) electrons. The molecule has 0 fully saturated rings. The molecule has 1 N–H and O–H groups in total. The van der Waals surface area contributed by atoms with Crippen LogP contribution in [0.4, 0.5) is 4.79 Å². The third kappa shape index (κ3) is 3.75. The van der Waals surface area contributed by atoms with E-state index in [4.69, 9.17) is 9.84 Å². The molecule has 1 aromatic rings. The number of carbonyl (C=O) groups is 1. The van der Waals surface area contributed by atoms with Gasteiger partial charge in [0.05, 0.1) is 13.7 Å². The van der Waals surface area contributed by atoms with Crippen LogP contribution >= 0.6 is 0 Å². The minimum atomic E-state index is -0.328. The zero-order chi connectivity index (χ0) is 12.8. The van der Waals surface area contributed by atoms with Crippen LogP contribution in [0.15, 0.2) is 24.3 Å². The Bertz CT molecular complexity index is 359. The predicted molar refractivity (Wildman–Crippen MR) is 65.4 cm³/mol. The Kier molecular flexibility index (Phi) is 4.97. The van der Waals surface area contributed by atoms with Gasteiger partial charge in [-0.3, -0.25) is 0 Å². The molecule has 94 valence electrons. The molecule has 0 saturated heterocycles. The first-order chi connectivity index (χ1) is 8.08. The number of rotatable bonds is 4. The van der Waals surface area contributed by atoms with Gasteiger partial charge in [0, 0.05) is 12.6 Å². The van der Waals surface area contributed by atoms with Gasteiger partial charge in [0.1, 0.15) is 0 Å². The largest absolute Gasteiger partial charge is 0.453 e. The van der Waals surface area contributed by atoms with Crippen molar-refractivity contribution in [1.82, 2.24) is 4.90 Å². The molecule has 0 aliphatic heterocycles. The van der Waals surface area contributed by atoms with E-state index in [1.54, 1.807) is 4.90 Å². The van der Waals surface area contributed by atoms with Gasteiger partial charge in [-0.1, -0.05) is 24.3 Å². The Morgan fingerprint density at radius 3 is 2.24 bits per heavy atom. The Hall–Kier alpha value is -1.55. The molecule has 0 bridgehead atoms. The maximum atomic E-state index is 11.5. The lowest BCUT2D eigenvalue weighted by Gasteiger charge is -2.25. The highest BCUT2D eigenvalue weighted by atomic mass is 16.5. The van der Waals surface area contributed by atoms with Crippen LogP contribution in [-0.2, 0) is 17.9 Å². The minimum absolute atomic E-state index is 0.0329. The summed E-state index contributed by atoms with van der Waals surface area (Å²) in [7, 11) is 1.38. The summed E-state index contributed by atoms with van der Waals surface area (Å²) < 4.78 is 4.74. The van der Waals surface area contributed by atoms with E-state index in [2.05, 4.69) is 0 Å². The number of nitrogens with zero attached hydrogens (tertiary/aromatic N) is 1. The first-order valence-electron chi connectivity index (χ1n) is 5.61. The minimum Gasteiger partial charge on any atom is -0.453 e. The van der Waals surface area contributed by atoms with Crippen molar-refractivity contribution in [3.8, 4) is 0 Å². The molecular weight excluding hydrogens is 218 g/mol. The molecular formula is C13H19NO3. The number of ether oxygens (including phenoxy) is 1. The number of carbonyl (C=O) groups excluding carboxylic acids is 1. The smallest absolute Gasteiger partial charge is 0.410 e. The number of amides is 1. The van der Waals surface area contributed by atoms with Gasteiger partial charge in [0.2, 0.25) is 0 Å². The van der Waals surface area contributed by atoms with Crippen molar-refractivity contribution >= 4 is 6.09 Å². The fraction of sp³-hybridized carbons (Fsp3) is 0.462. The van der Waals surface area contributed by atoms with Crippen LogP contribution < -0.4 is 0 Å². The number of hydrogen-bond acceptors (Lipinski definition) is 3. The zero-order valence-corrected chi connectivity index (χ0v) is 10.5. The van der Waals surface area contributed by atoms with Gasteiger partial charge in [0.25, 0.3) is 0 Å². The lowest BCUT2D eigenvalue weighted by molar-refractivity contribution is 0.108. The highest BCUT2D eigenvalue weighted by Gasteiger charge is 2.17. The van der Waals surface area contributed by atoms with Crippen molar-refractivity contribution < 1.29 is 14.6 Å². The lowest BCUT2D eigenvalue weighted by Crippen LogP contribution is -2.36. The van der Waals surface area contributed by atoms with Crippen LogP contribution in [0.3, 0.4) is 0 Å². The molecule has 1 aromatic carbocycles. The van der Waals surface area contributed by atoms with Gasteiger partial charge in [0.15, 0.2) is 0 Å². The van der Waals surface area contributed by atoms with E-state index in [-0.39, 0.29) is 18.7 Å². The molecule has 1 rings (SSSR count). The SMILES string of the molecule is COC(=O)N(Cc1ccc(CO)cc1)C(C)C. The van der Waals surface area contributed by atoms with Crippen LogP contribution in [0.25, 0.3) is 0 Å². The molecule has 0 unspecified atom stereocenters. The predicted octanol–water partition coefficient (Wildman–Crippen LogP) is 2.16. The summed E-state index contributed by atoms with van der Waals surface area (Å²) in [5.41, 5.74) is 1.88. The highest BCUT2D eigenvalue weighted by molar-refractivity contribution is 5.67. The summed E-state index contributed by atoms with van der Waals surface area (Å²) in [5, 5.41) is 8.94. The quantitative estimate of drug-likeness (QED) is 0.873. The molecule has 0 atom stereocenters. The number of aliphatic hydroxyl groups excluding tert-OH is 1. The highest BCUT2D eigenvalue weighted by Crippen LogP contribution is 2.11. The van der Waals surface area contributed by atoms with Crippen LogP contribution in [0.5, 0.6) is 0 Å². The molecule has 0 spiro atoms. The Morgan fingerprint density at radius 1 is 1.29 bits per heavy atom. The van der Waals surface area contributed by atoms with Crippen LogP contribution in [0, 0.1) is 0 Å². The number of methoxy groups -OCH3 is 1. The first-order valence-corrected chi connectivity index (χ1v) is 5.61. The Balaban J connectivity index is 2.75. The van der Waals surface area contributed by atoms with Crippen molar-refractivity contribution in [2.24, 2.45) is 0 Å². The summed E-state index contributed by atoms with van der Waals surface area (Å²) >= 11 is 0. The van der Waals surface area contributed by atoms with Gasteiger partial charge in [-0.05, 0) is 25.0 Å². The van der Waals surface area contributed by atoms with Gasteiger partial charge in [-0.15, -0.1) is 0 Å². The normalized spacial score (nSPS) is 10.4. The third-order valence-corrected chi connectivity index (χ3v) is 2.59. The number of aliphatic hydroxyl groups is 1. The van der Waals surface area contributed by atoms with Crippen molar-refractivity contribution in [3.63, 3.8) is 0 Å². The molecule has 4 heteroatoms. The molecule has 0 aromatic heterocycles. The monoisotopic (exact) mass is 237 g/mol. The number of benzene rings is 1. The molecule has 4 nitrogen and oxygen atoms in total. The zero-order valence-electron chi connectivity index (χ0n) is 10.5. The summed E-state index contributed by atoms with van der Waals surface area (Å²) in [6.45, 7) is 4.43. The van der Waals surface area contributed by atoms with E-state index in [0.717, 1.165) is 11.1 Å². The van der Waals surface area contributed by atoms with Crippen molar-refractivity contribution in [1.29, 1.82) is 0 Å².